The maximum absolute atomic E-state index is 12.6. The molecule has 0 bridgehead atoms. The predicted molar refractivity (Wildman–Crippen MR) is 94.9 cm³/mol. The van der Waals surface area contributed by atoms with Crippen molar-refractivity contribution >= 4 is 27.5 Å². The molecule has 2 heterocycles. The van der Waals surface area contributed by atoms with E-state index in [0.717, 1.165) is 19.4 Å². The fraction of sp³-hybridized carbons (Fsp3) is 0.588. The molecule has 0 radical (unpaired) electrons. The Kier molecular flexibility index (Phi) is 5.99. The maximum atomic E-state index is 12.6. The van der Waals surface area contributed by atoms with Crippen LogP contribution in [-0.2, 0) is 19.6 Å². The lowest BCUT2D eigenvalue weighted by Crippen LogP contribution is -2.44. The van der Waals surface area contributed by atoms with Crippen molar-refractivity contribution in [1.82, 2.24) is 9.62 Å². The standard InChI is InChI=1S/C17H23ClN2O4S/c18-14-3-5-16(6-4-14)25(22,23)20-9-7-13(8-10-20)17(21)19-12-15-2-1-11-24-15/h3-6,13,15H,1-2,7-12H2,(H,19,21)/t15-/m0/s1. The van der Waals surface area contributed by atoms with E-state index in [1.54, 1.807) is 12.1 Å². The van der Waals surface area contributed by atoms with Crippen LogP contribution in [-0.4, -0.2) is 51.0 Å². The Morgan fingerprint density at radius 3 is 2.48 bits per heavy atom. The number of piperidine rings is 1. The quantitative estimate of drug-likeness (QED) is 0.840. The molecule has 3 rings (SSSR count). The van der Waals surface area contributed by atoms with Gasteiger partial charge < -0.3 is 10.1 Å². The van der Waals surface area contributed by atoms with Gasteiger partial charge in [-0.15, -0.1) is 0 Å². The molecule has 0 unspecified atom stereocenters. The number of sulfonamides is 1. The molecule has 1 aromatic carbocycles. The summed E-state index contributed by atoms with van der Waals surface area (Å²) in [7, 11) is -3.53. The third-order valence-corrected chi connectivity index (χ3v) is 6.97. The molecular formula is C17H23ClN2O4S. The number of carbonyl (C=O) groups is 1. The molecule has 1 N–H and O–H groups in total. The highest BCUT2D eigenvalue weighted by Crippen LogP contribution is 2.25. The van der Waals surface area contributed by atoms with Crippen LogP contribution in [0, 0.1) is 5.92 Å². The van der Waals surface area contributed by atoms with Crippen LogP contribution in [0.2, 0.25) is 5.02 Å². The molecule has 2 saturated heterocycles. The fourth-order valence-corrected chi connectivity index (χ4v) is 4.87. The Morgan fingerprint density at radius 1 is 1.20 bits per heavy atom. The van der Waals surface area contributed by atoms with Gasteiger partial charge in [0.1, 0.15) is 0 Å². The average Bonchev–Trinajstić information content (AvgIpc) is 3.14. The molecule has 2 aliphatic heterocycles. The second-order valence-corrected chi connectivity index (χ2v) is 8.89. The van der Waals surface area contributed by atoms with Gasteiger partial charge >= 0.3 is 0 Å². The van der Waals surface area contributed by atoms with Crippen LogP contribution in [0.1, 0.15) is 25.7 Å². The van der Waals surface area contributed by atoms with Crippen molar-refractivity contribution in [3.8, 4) is 0 Å². The van der Waals surface area contributed by atoms with Crippen LogP contribution in [0.25, 0.3) is 0 Å². The van der Waals surface area contributed by atoms with Gasteiger partial charge in [-0.25, -0.2) is 8.42 Å². The average molecular weight is 387 g/mol. The number of carbonyl (C=O) groups excluding carboxylic acids is 1. The summed E-state index contributed by atoms with van der Waals surface area (Å²) >= 11 is 5.82. The van der Waals surface area contributed by atoms with Crippen LogP contribution in [0.5, 0.6) is 0 Å². The lowest BCUT2D eigenvalue weighted by molar-refractivity contribution is -0.126. The van der Waals surface area contributed by atoms with E-state index in [0.29, 0.717) is 37.5 Å². The van der Waals surface area contributed by atoms with Crippen molar-refractivity contribution in [1.29, 1.82) is 0 Å². The number of benzene rings is 1. The summed E-state index contributed by atoms with van der Waals surface area (Å²) in [4.78, 5) is 12.5. The second-order valence-electron chi connectivity index (χ2n) is 6.51. The first-order valence-corrected chi connectivity index (χ1v) is 10.4. The van der Waals surface area contributed by atoms with Crippen molar-refractivity contribution < 1.29 is 17.9 Å². The minimum Gasteiger partial charge on any atom is -0.376 e. The van der Waals surface area contributed by atoms with Gasteiger partial charge in [0.05, 0.1) is 11.0 Å². The smallest absolute Gasteiger partial charge is 0.243 e. The van der Waals surface area contributed by atoms with Crippen LogP contribution >= 0.6 is 11.6 Å². The Bertz CT molecular complexity index is 694. The Labute approximate surface area is 153 Å². The summed E-state index contributed by atoms with van der Waals surface area (Å²) in [6, 6.07) is 6.16. The SMILES string of the molecule is O=C(NC[C@@H]1CCCO1)C1CCN(S(=O)(=O)c2ccc(Cl)cc2)CC1. The first-order chi connectivity index (χ1) is 12.0. The molecule has 25 heavy (non-hydrogen) atoms. The van der Waals surface area contributed by atoms with Gasteiger partial charge in [-0.1, -0.05) is 11.6 Å². The summed E-state index contributed by atoms with van der Waals surface area (Å²) in [5.74, 6) is -0.142. The van der Waals surface area contributed by atoms with E-state index in [1.807, 2.05) is 0 Å². The lowest BCUT2D eigenvalue weighted by atomic mass is 9.97. The minimum atomic E-state index is -3.53. The van der Waals surface area contributed by atoms with E-state index in [4.69, 9.17) is 16.3 Å². The van der Waals surface area contributed by atoms with Gasteiger partial charge in [-0.05, 0) is 49.9 Å². The molecule has 0 aromatic heterocycles. The number of nitrogens with zero attached hydrogens (tertiary/aromatic N) is 1. The second kappa shape index (κ2) is 8.03. The predicted octanol–water partition coefficient (Wildman–Crippen LogP) is 2.04. The highest BCUT2D eigenvalue weighted by Gasteiger charge is 2.32. The zero-order chi connectivity index (χ0) is 17.9. The van der Waals surface area contributed by atoms with Gasteiger partial charge in [-0.3, -0.25) is 4.79 Å². The van der Waals surface area contributed by atoms with Crippen LogP contribution in [0.15, 0.2) is 29.2 Å². The highest BCUT2D eigenvalue weighted by molar-refractivity contribution is 7.89. The van der Waals surface area contributed by atoms with Crippen LogP contribution < -0.4 is 5.32 Å². The minimum absolute atomic E-state index is 0.000888. The van der Waals surface area contributed by atoms with E-state index in [2.05, 4.69) is 5.32 Å². The zero-order valence-corrected chi connectivity index (χ0v) is 15.6. The van der Waals surface area contributed by atoms with Crippen molar-refractivity contribution in [2.24, 2.45) is 5.92 Å². The Morgan fingerprint density at radius 2 is 1.88 bits per heavy atom. The zero-order valence-electron chi connectivity index (χ0n) is 14.0. The van der Waals surface area contributed by atoms with E-state index in [9.17, 15) is 13.2 Å². The number of rotatable bonds is 5. The van der Waals surface area contributed by atoms with Gasteiger partial charge in [0.25, 0.3) is 0 Å². The topological polar surface area (TPSA) is 75.7 Å². The molecule has 1 amide bonds. The molecule has 138 valence electrons. The fourth-order valence-electron chi connectivity index (χ4n) is 3.28. The molecule has 8 heteroatoms. The van der Waals surface area contributed by atoms with Crippen molar-refractivity contribution in [2.45, 2.75) is 36.7 Å². The molecular weight excluding hydrogens is 364 g/mol. The molecule has 0 aliphatic carbocycles. The molecule has 1 aromatic rings. The van der Waals surface area contributed by atoms with Crippen molar-refractivity contribution in [2.75, 3.05) is 26.2 Å². The summed E-state index contributed by atoms with van der Waals surface area (Å²) < 4.78 is 32.2. The lowest BCUT2D eigenvalue weighted by Gasteiger charge is -2.30. The van der Waals surface area contributed by atoms with Crippen molar-refractivity contribution in [3.63, 3.8) is 0 Å². The van der Waals surface area contributed by atoms with E-state index < -0.39 is 10.0 Å². The normalized spacial score (nSPS) is 22.8. The number of nitrogens with one attached hydrogen (secondary N) is 1. The molecule has 1 atom stereocenters. The third kappa shape index (κ3) is 4.53. The number of hydrogen-bond acceptors (Lipinski definition) is 4. The van der Waals surface area contributed by atoms with E-state index in [1.165, 1.54) is 16.4 Å². The molecule has 2 aliphatic rings. The molecule has 0 saturated carbocycles. The monoisotopic (exact) mass is 386 g/mol. The van der Waals surface area contributed by atoms with Gasteiger partial charge in [0.15, 0.2) is 0 Å². The summed E-state index contributed by atoms with van der Waals surface area (Å²) in [6.07, 6.45) is 3.21. The van der Waals surface area contributed by atoms with Gasteiger partial charge in [-0.2, -0.15) is 4.31 Å². The summed E-state index contributed by atoms with van der Waals surface area (Å²) in [5.41, 5.74) is 0. The number of halogens is 1. The molecule has 0 spiro atoms. The number of ether oxygens (including phenoxy) is 1. The third-order valence-electron chi connectivity index (χ3n) is 4.80. The molecule has 2 fully saturated rings. The highest BCUT2D eigenvalue weighted by atomic mass is 35.5. The summed E-state index contributed by atoms with van der Waals surface area (Å²) in [5, 5.41) is 3.44. The largest absolute Gasteiger partial charge is 0.376 e. The Balaban J connectivity index is 1.52. The van der Waals surface area contributed by atoms with E-state index in [-0.39, 0.29) is 22.8 Å². The number of amides is 1. The first kappa shape index (κ1) is 18.6. The van der Waals surface area contributed by atoms with Crippen LogP contribution in [0.3, 0.4) is 0 Å². The van der Waals surface area contributed by atoms with Crippen molar-refractivity contribution in [3.05, 3.63) is 29.3 Å². The maximum Gasteiger partial charge on any atom is 0.243 e. The summed E-state index contributed by atoms with van der Waals surface area (Å²) in [6.45, 7) is 2.01. The number of hydrogen-bond donors (Lipinski definition) is 1. The van der Waals surface area contributed by atoms with Gasteiger partial charge in [0, 0.05) is 37.2 Å². The van der Waals surface area contributed by atoms with Gasteiger partial charge in [0.2, 0.25) is 15.9 Å². The van der Waals surface area contributed by atoms with E-state index >= 15 is 0 Å². The van der Waals surface area contributed by atoms with Crippen LogP contribution in [0.4, 0.5) is 0 Å². The first-order valence-electron chi connectivity index (χ1n) is 8.62. The molecule has 6 nitrogen and oxygen atoms in total. The Hall–Kier alpha value is -1.15.